The minimum Gasteiger partial charge on any atom is -0.467 e. The van der Waals surface area contributed by atoms with Crippen LogP contribution in [0.1, 0.15) is 0 Å². The summed E-state index contributed by atoms with van der Waals surface area (Å²) in [5, 5.41) is 0. The fourth-order valence-electron chi connectivity index (χ4n) is 2.04. The minimum atomic E-state index is -0.404. The van der Waals surface area contributed by atoms with E-state index in [9.17, 15) is 4.79 Å². The minimum absolute atomic E-state index is 0.0653. The largest absolute Gasteiger partial charge is 0.467 e. The number of carbonyl (C=O) groups is 1. The van der Waals surface area contributed by atoms with Gasteiger partial charge in [0.1, 0.15) is 6.61 Å². The molecular weight excluding hydrogens is 440 g/mol. The van der Waals surface area contributed by atoms with Crippen molar-refractivity contribution in [1.29, 1.82) is 0 Å². The van der Waals surface area contributed by atoms with Crippen molar-refractivity contribution in [2.45, 2.75) is 0 Å². The van der Waals surface area contributed by atoms with Crippen LogP contribution in [0.15, 0.2) is 12.7 Å². The highest BCUT2D eigenvalue weighted by molar-refractivity contribution is 5.70. The summed E-state index contributed by atoms with van der Waals surface area (Å²) in [6.07, 6.45) is 1.71. The Bertz CT molecular complexity index is 410. The molecule has 0 spiro atoms. The molecule has 0 aromatic rings. The van der Waals surface area contributed by atoms with Crippen molar-refractivity contribution in [2.75, 3.05) is 126 Å². The van der Waals surface area contributed by atoms with Gasteiger partial charge in [0.2, 0.25) is 0 Å². The summed E-state index contributed by atoms with van der Waals surface area (Å²) in [7, 11) is 1.32. The van der Waals surface area contributed by atoms with Crippen molar-refractivity contribution in [3.05, 3.63) is 12.7 Å². The van der Waals surface area contributed by atoms with E-state index in [0.29, 0.717) is 112 Å². The first-order valence-electron chi connectivity index (χ1n) is 11.2. The van der Waals surface area contributed by atoms with Gasteiger partial charge in [-0.05, 0) is 0 Å². The molecule has 0 aliphatic rings. The molecule has 0 saturated carbocycles. The van der Waals surface area contributed by atoms with Crippen LogP contribution in [0.5, 0.6) is 0 Å². The zero-order chi connectivity index (χ0) is 24.1. The lowest BCUT2D eigenvalue weighted by Crippen LogP contribution is -2.16. The molecule has 11 heteroatoms. The molecule has 0 amide bonds. The van der Waals surface area contributed by atoms with Gasteiger partial charge in [-0.25, -0.2) is 4.79 Å². The normalized spacial score (nSPS) is 11.1. The number of carbonyl (C=O) groups excluding carboxylic acids is 1. The summed E-state index contributed by atoms with van der Waals surface area (Å²) in [4.78, 5) is 10.8. The molecule has 0 heterocycles. The zero-order valence-corrected chi connectivity index (χ0v) is 20.0. The van der Waals surface area contributed by atoms with Crippen LogP contribution in [0, 0.1) is 0 Å². The summed E-state index contributed by atoms with van der Waals surface area (Å²) >= 11 is 0. The van der Waals surface area contributed by atoms with E-state index in [1.165, 1.54) is 7.11 Å². The SMILES string of the molecule is C=CCOCCOCCOCCOCCOCCOCCOCCOCCOCC(=O)OC. The summed E-state index contributed by atoms with van der Waals surface area (Å²) in [6, 6.07) is 0. The molecular formula is C22H42O11. The third-order valence-corrected chi connectivity index (χ3v) is 3.66. The quantitative estimate of drug-likeness (QED) is 0.0883. The predicted molar refractivity (Wildman–Crippen MR) is 120 cm³/mol. The van der Waals surface area contributed by atoms with Crippen LogP contribution in [0.4, 0.5) is 0 Å². The molecule has 33 heavy (non-hydrogen) atoms. The molecule has 196 valence electrons. The Morgan fingerprint density at radius 2 is 0.788 bits per heavy atom. The van der Waals surface area contributed by atoms with Gasteiger partial charge in [-0.3, -0.25) is 0 Å². The van der Waals surface area contributed by atoms with Gasteiger partial charge < -0.3 is 47.4 Å². The molecule has 0 bridgehead atoms. The van der Waals surface area contributed by atoms with E-state index in [2.05, 4.69) is 11.3 Å². The second-order valence-corrected chi connectivity index (χ2v) is 6.28. The van der Waals surface area contributed by atoms with Crippen molar-refractivity contribution < 1.29 is 52.2 Å². The smallest absolute Gasteiger partial charge is 0.331 e. The molecule has 0 aliphatic heterocycles. The van der Waals surface area contributed by atoms with Crippen LogP contribution in [0.2, 0.25) is 0 Å². The van der Waals surface area contributed by atoms with Crippen LogP contribution in [0.25, 0.3) is 0 Å². The van der Waals surface area contributed by atoms with Crippen LogP contribution in [-0.4, -0.2) is 132 Å². The molecule has 0 rings (SSSR count). The number of ether oxygens (including phenoxy) is 10. The maximum atomic E-state index is 10.8. The Balaban J connectivity index is 3.02. The molecule has 0 aromatic heterocycles. The molecule has 0 radical (unpaired) electrons. The van der Waals surface area contributed by atoms with E-state index in [4.69, 9.17) is 42.6 Å². The number of esters is 1. The van der Waals surface area contributed by atoms with E-state index in [1.807, 2.05) is 0 Å². The Morgan fingerprint density at radius 1 is 0.515 bits per heavy atom. The third-order valence-electron chi connectivity index (χ3n) is 3.66. The highest BCUT2D eigenvalue weighted by atomic mass is 16.6. The predicted octanol–water partition coefficient (Wildman–Crippen LogP) is 0.495. The maximum Gasteiger partial charge on any atom is 0.331 e. The molecule has 11 nitrogen and oxygen atoms in total. The standard InChI is InChI=1S/C22H42O11/c1-3-4-25-5-6-26-7-8-27-9-10-28-11-12-29-13-14-30-15-16-31-17-18-32-19-20-33-21-22(23)24-2/h3H,1,4-21H2,2H3. The summed E-state index contributed by atoms with van der Waals surface area (Å²) < 4.78 is 52.3. The highest BCUT2D eigenvalue weighted by Gasteiger charge is 1.99. The Kier molecular flexibility index (Phi) is 27.9. The van der Waals surface area contributed by atoms with Crippen LogP contribution < -0.4 is 0 Å². The Labute approximate surface area is 197 Å². The van der Waals surface area contributed by atoms with E-state index in [-0.39, 0.29) is 6.61 Å². The average molecular weight is 483 g/mol. The lowest BCUT2D eigenvalue weighted by atomic mass is 10.6. The van der Waals surface area contributed by atoms with Gasteiger partial charge in [0, 0.05) is 0 Å². The Morgan fingerprint density at radius 3 is 1.06 bits per heavy atom. The van der Waals surface area contributed by atoms with Crippen molar-refractivity contribution in [3.8, 4) is 0 Å². The van der Waals surface area contributed by atoms with Crippen molar-refractivity contribution in [1.82, 2.24) is 0 Å². The van der Waals surface area contributed by atoms with Crippen molar-refractivity contribution >= 4 is 5.97 Å². The van der Waals surface area contributed by atoms with Gasteiger partial charge in [0.05, 0.1) is 119 Å². The highest BCUT2D eigenvalue weighted by Crippen LogP contribution is 1.86. The number of hydrogen-bond donors (Lipinski definition) is 0. The van der Waals surface area contributed by atoms with Gasteiger partial charge in [0.25, 0.3) is 0 Å². The summed E-state index contributed by atoms with van der Waals surface area (Å²) in [5.74, 6) is -0.404. The molecule has 0 N–H and O–H groups in total. The summed E-state index contributed by atoms with van der Waals surface area (Å²) in [5.41, 5.74) is 0. The third kappa shape index (κ3) is 28.8. The van der Waals surface area contributed by atoms with E-state index in [0.717, 1.165) is 0 Å². The number of rotatable bonds is 28. The van der Waals surface area contributed by atoms with Gasteiger partial charge in [-0.15, -0.1) is 6.58 Å². The van der Waals surface area contributed by atoms with Gasteiger partial charge in [-0.2, -0.15) is 0 Å². The topological polar surface area (TPSA) is 109 Å². The number of hydrogen-bond acceptors (Lipinski definition) is 11. The van der Waals surface area contributed by atoms with E-state index >= 15 is 0 Å². The first kappa shape index (κ1) is 31.9. The molecule has 0 unspecified atom stereocenters. The molecule has 0 saturated heterocycles. The Hall–Kier alpha value is -1.15. The van der Waals surface area contributed by atoms with E-state index in [1.54, 1.807) is 6.08 Å². The number of methoxy groups -OCH3 is 1. The lowest BCUT2D eigenvalue weighted by molar-refractivity contribution is -0.146. The molecule has 0 aromatic carbocycles. The lowest BCUT2D eigenvalue weighted by Gasteiger charge is -2.08. The fourth-order valence-corrected chi connectivity index (χ4v) is 2.04. The second kappa shape index (κ2) is 28.9. The van der Waals surface area contributed by atoms with Crippen LogP contribution >= 0.6 is 0 Å². The average Bonchev–Trinajstić information content (AvgIpc) is 2.83. The zero-order valence-electron chi connectivity index (χ0n) is 20.0. The molecule has 0 aliphatic carbocycles. The maximum absolute atomic E-state index is 10.8. The van der Waals surface area contributed by atoms with Crippen LogP contribution in [0.3, 0.4) is 0 Å². The van der Waals surface area contributed by atoms with E-state index < -0.39 is 5.97 Å². The summed E-state index contributed by atoms with van der Waals surface area (Å²) in [6.45, 7) is 11.9. The second-order valence-electron chi connectivity index (χ2n) is 6.28. The van der Waals surface area contributed by atoms with Crippen molar-refractivity contribution in [2.24, 2.45) is 0 Å². The molecule has 0 atom stereocenters. The van der Waals surface area contributed by atoms with Crippen molar-refractivity contribution in [3.63, 3.8) is 0 Å². The fraction of sp³-hybridized carbons (Fsp3) is 0.864. The van der Waals surface area contributed by atoms with Gasteiger partial charge >= 0.3 is 5.97 Å². The molecule has 0 fully saturated rings. The first-order chi connectivity index (χ1) is 16.3. The van der Waals surface area contributed by atoms with Crippen LogP contribution in [-0.2, 0) is 52.2 Å². The van der Waals surface area contributed by atoms with Gasteiger partial charge in [-0.1, -0.05) is 6.08 Å². The first-order valence-corrected chi connectivity index (χ1v) is 11.2. The monoisotopic (exact) mass is 482 g/mol. The van der Waals surface area contributed by atoms with Gasteiger partial charge in [0.15, 0.2) is 0 Å².